The van der Waals surface area contributed by atoms with Gasteiger partial charge in [-0.3, -0.25) is 4.99 Å². The monoisotopic (exact) mass is 622 g/mol. The van der Waals surface area contributed by atoms with E-state index in [2.05, 4.69) is 164 Å². The fourth-order valence-corrected chi connectivity index (χ4v) is 6.46. The van der Waals surface area contributed by atoms with E-state index in [9.17, 15) is 0 Å². The van der Waals surface area contributed by atoms with Crippen molar-refractivity contribution in [2.24, 2.45) is 4.99 Å². The van der Waals surface area contributed by atoms with E-state index < -0.39 is 0 Å². The number of fused-ring (bicyclic) bond motifs is 2. The molecule has 0 radical (unpaired) electrons. The summed E-state index contributed by atoms with van der Waals surface area (Å²) in [5.41, 5.74) is 14.9. The van der Waals surface area contributed by atoms with Crippen LogP contribution < -0.4 is 4.90 Å². The number of aliphatic imine (C=N–C) groups is 1. The third-order valence-corrected chi connectivity index (χ3v) is 8.80. The summed E-state index contributed by atoms with van der Waals surface area (Å²) in [4.78, 5) is 17.1. The summed E-state index contributed by atoms with van der Waals surface area (Å²) < 4.78 is 0. The Balaban J connectivity index is 1.24. The largest absolute Gasteiger partial charge is 0.375 e. The quantitative estimate of drug-likeness (QED) is 0.166. The molecule has 4 heteroatoms. The van der Waals surface area contributed by atoms with Crippen LogP contribution in [-0.2, 0) is 0 Å². The molecule has 0 saturated carbocycles. The second kappa shape index (κ2) is 13.1. The van der Waals surface area contributed by atoms with Crippen LogP contribution in [0.2, 0.25) is 0 Å². The molecule has 7 rings (SSSR count). The van der Waals surface area contributed by atoms with E-state index >= 15 is 0 Å². The van der Waals surface area contributed by atoms with Crippen molar-refractivity contribution in [2.45, 2.75) is 20.8 Å². The zero-order valence-electron chi connectivity index (χ0n) is 28.1. The average molecular weight is 623 g/mol. The third-order valence-electron chi connectivity index (χ3n) is 8.80. The van der Waals surface area contributed by atoms with E-state index in [4.69, 9.17) is 9.97 Å². The van der Waals surface area contributed by atoms with Gasteiger partial charge in [0, 0.05) is 42.2 Å². The van der Waals surface area contributed by atoms with Crippen molar-refractivity contribution in [3.05, 3.63) is 139 Å². The number of rotatable bonds is 7. The number of pyridine rings is 2. The lowest BCUT2D eigenvalue weighted by atomic mass is 9.96. The highest BCUT2D eigenvalue weighted by Crippen LogP contribution is 2.35. The molecule has 0 atom stereocenters. The molecule has 0 aliphatic rings. The van der Waals surface area contributed by atoms with Crippen LogP contribution in [0.25, 0.3) is 72.7 Å². The first-order chi connectivity index (χ1) is 23.4. The Bertz CT molecular complexity index is 2360. The number of aromatic nitrogens is 2. The molecule has 7 aromatic rings. The van der Waals surface area contributed by atoms with E-state index in [0.29, 0.717) is 0 Å². The van der Waals surface area contributed by atoms with Gasteiger partial charge in [-0.1, -0.05) is 103 Å². The zero-order valence-corrected chi connectivity index (χ0v) is 28.1. The maximum Gasteiger partial charge on any atom is 0.0968 e. The van der Waals surface area contributed by atoms with Crippen LogP contribution in [0.1, 0.15) is 25.0 Å². The van der Waals surface area contributed by atoms with Crippen molar-refractivity contribution >= 4 is 45.5 Å². The van der Waals surface area contributed by atoms with Gasteiger partial charge in [-0.15, -0.1) is 0 Å². The number of hydrogen-bond donors (Lipinski definition) is 0. The maximum atomic E-state index is 5.20. The summed E-state index contributed by atoms with van der Waals surface area (Å²) >= 11 is 0. The fourth-order valence-electron chi connectivity index (χ4n) is 6.46. The van der Waals surface area contributed by atoms with Gasteiger partial charge in [0.1, 0.15) is 0 Å². The number of benzene rings is 5. The fraction of sp³-hybridized carbons (Fsp3) is 0.114. The zero-order chi connectivity index (χ0) is 33.2. The van der Waals surface area contributed by atoms with Crippen LogP contribution in [0.15, 0.2) is 132 Å². The molecule has 0 fully saturated rings. The van der Waals surface area contributed by atoms with Crippen LogP contribution >= 0.6 is 0 Å². The summed E-state index contributed by atoms with van der Waals surface area (Å²) in [6.07, 6.45) is 6.05. The normalized spacial score (nSPS) is 11.7. The van der Waals surface area contributed by atoms with Gasteiger partial charge >= 0.3 is 0 Å². The summed E-state index contributed by atoms with van der Waals surface area (Å²) in [6.45, 7) is 6.07. The molecule has 0 aliphatic heterocycles. The minimum absolute atomic E-state index is 0.926. The number of aryl methyl sites for hydroxylation is 1. The predicted octanol–water partition coefficient (Wildman–Crippen LogP) is 11.6. The van der Waals surface area contributed by atoms with Gasteiger partial charge in [-0.05, 0) is 84.5 Å². The van der Waals surface area contributed by atoms with Crippen LogP contribution in [0.3, 0.4) is 0 Å². The molecule has 4 nitrogen and oxygen atoms in total. The smallest absolute Gasteiger partial charge is 0.0968 e. The second-order valence-corrected chi connectivity index (χ2v) is 12.3. The molecular weight excluding hydrogens is 585 g/mol. The second-order valence-electron chi connectivity index (χ2n) is 12.3. The van der Waals surface area contributed by atoms with Crippen LogP contribution in [-0.4, -0.2) is 30.3 Å². The third kappa shape index (κ3) is 5.89. The maximum absolute atomic E-state index is 5.20. The highest BCUT2D eigenvalue weighted by molar-refractivity contribution is 5.97. The molecule has 234 valence electrons. The summed E-state index contributed by atoms with van der Waals surface area (Å²) in [5, 5.41) is 2.22. The Morgan fingerprint density at radius 2 is 1.04 bits per heavy atom. The Labute approximate surface area is 282 Å². The molecule has 0 bridgehead atoms. The topological polar surface area (TPSA) is 41.4 Å². The molecular formula is C44H38N4. The molecule has 48 heavy (non-hydrogen) atoms. The molecule has 0 aliphatic carbocycles. The molecule has 2 heterocycles. The van der Waals surface area contributed by atoms with Crippen molar-refractivity contribution in [2.75, 3.05) is 19.0 Å². The van der Waals surface area contributed by atoms with Gasteiger partial charge < -0.3 is 4.90 Å². The first-order valence-electron chi connectivity index (χ1n) is 16.4. The number of anilines is 1. The summed E-state index contributed by atoms with van der Waals surface area (Å²) in [6, 6.07) is 43.1. The van der Waals surface area contributed by atoms with Crippen molar-refractivity contribution in [3.63, 3.8) is 0 Å². The molecule has 5 aromatic carbocycles. The SMILES string of the molecule is CC=Nc1c(C)ccc2ccc(-c3cccc(-c4cccc(-c5cccc(-c6ccc7ccc(/C=C\C)c(N(C)C)c7n6)c5)c4)c3)nc12. The Kier molecular flexibility index (Phi) is 8.39. The highest BCUT2D eigenvalue weighted by Gasteiger charge is 2.13. The molecule has 0 N–H and O–H groups in total. The number of hydrogen-bond acceptors (Lipinski definition) is 4. The van der Waals surface area contributed by atoms with E-state index in [1.807, 2.05) is 20.1 Å². The Morgan fingerprint density at radius 1 is 0.562 bits per heavy atom. The standard InChI is InChI=1S/C44H38N4/c1-6-11-32-21-20-31-23-25-40(47-43(31)44(32)48(4)5)38-17-10-15-36(28-38)34-13-8-12-33(26-34)35-14-9-16-37(27-35)39-24-22-30-19-18-29(3)41(45-7-2)42(30)46-39/h6-28H,1-5H3/b11-6-,45-7?. The molecule has 0 unspecified atom stereocenters. The van der Waals surface area contributed by atoms with Gasteiger partial charge in [-0.25, -0.2) is 9.97 Å². The highest BCUT2D eigenvalue weighted by atomic mass is 15.1. The Hall–Kier alpha value is -5.87. The van der Waals surface area contributed by atoms with Gasteiger partial charge in [0.15, 0.2) is 0 Å². The van der Waals surface area contributed by atoms with E-state index in [-0.39, 0.29) is 0 Å². The minimum atomic E-state index is 0.926. The lowest BCUT2D eigenvalue weighted by Gasteiger charge is -2.18. The van der Waals surface area contributed by atoms with Gasteiger partial charge in [0.25, 0.3) is 0 Å². The minimum Gasteiger partial charge on any atom is -0.375 e. The van der Waals surface area contributed by atoms with Crippen molar-refractivity contribution in [3.8, 4) is 44.8 Å². The summed E-state index contributed by atoms with van der Waals surface area (Å²) in [7, 11) is 4.16. The first-order valence-corrected chi connectivity index (χ1v) is 16.4. The van der Waals surface area contributed by atoms with Gasteiger partial charge in [0.05, 0.1) is 33.8 Å². The average Bonchev–Trinajstić information content (AvgIpc) is 3.12. The predicted molar refractivity (Wildman–Crippen MR) is 206 cm³/mol. The molecule has 0 spiro atoms. The van der Waals surface area contributed by atoms with E-state index in [0.717, 1.165) is 89.1 Å². The van der Waals surface area contributed by atoms with Crippen molar-refractivity contribution in [1.29, 1.82) is 0 Å². The van der Waals surface area contributed by atoms with E-state index in [1.54, 1.807) is 0 Å². The first kappa shape index (κ1) is 30.8. The lowest BCUT2D eigenvalue weighted by Crippen LogP contribution is -2.11. The van der Waals surface area contributed by atoms with Gasteiger partial charge in [-0.2, -0.15) is 0 Å². The van der Waals surface area contributed by atoms with Crippen LogP contribution in [0, 0.1) is 6.92 Å². The van der Waals surface area contributed by atoms with Crippen molar-refractivity contribution in [1.82, 2.24) is 9.97 Å². The van der Waals surface area contributed by atoms with Crippen LogP contribution in [0.4, 0.5) is 11.4 Å². The Morgan fingerprint density at radius 3 is 1.58 bits per heavy atom. The van der Waals surface area contributed by atoms with Crippen molar-refractivity contribution < 1.29 is 0 Å². The molecule has 0 saturated heterocycles. The molecule has 0 amide bonds. The number of nitrogens with zero attached hydrogens (tertiary/aromatic N) is 4. The number of allylic oxidation sites excluding steroid dienone is 1. The summed E-state index contributed by atoms with van der Waals surface area (Å²) in [5.74, 6) is 0. The van der Waals surface area contributed by atoms with E-state index in [1.165, 1.54) is 0 Å². The lowest BCUT2D eigenvalue weighted by molar-refractivity contribution is 1.13. The van der Waals surface area contributed by atoms with Gasteiger partial charge in [0.2, 0.25) is 0 Å². The molecule has 2 aromatic heterocycles. The van der Waals surface area contributed by atoms with Crippen LogP contribution in [0.5, 0.6) is 0 Å².